The van der Waals surface area contributed by atoms with Crippen LogP contribution in [-0.2, 0) is 0 Å². The average molecular weight is 458 g/mol. The summed E-state index contributed by atoms with van der Waals surface area (Å²) in [6.07, 6.45) is 3.27. The van der Waals surface area contributed by atoms with Gasteiger partial charge in [0, 0.05) is 10.9 Å². The second-order valence-electron chi connectivity index (χ2n) is 8.88. The van der Waals surface area contributed by atoms with Gasteiger partial charge in [0.15, 0.2) is 0 Å². The molecular weight excluding hydrogens is 433 g/mol. The molecule has 1 fully saturated rings. The van der Waals surface area contributed by atoms with E-state index in [-0.39, 0.29) is 28.9 Å². The molecule has 34 heavy (non-hydrogen) atoms. The van der Waals surface area contributed by atoms with Crippen LogP contribution in [0.1, 0.15) is 46.2 Å². The number of fused-ring (bicyclic) bond motifs is 2. The summed E-state index contributed by atoms with van der Waals surface area (Å²) in [7, 11) is 0. The van der Waals surface area contributed by atoms with Gasteiger partial charge in [0.25, 0.3) is 0 Å². The molecule has 9 heteroatoms. The van der Waals surface area contributed by atoms with Crippen molar-refractivity contribution in [1.29, 1.82) is 0 Å². The summed E-state index contributed by atoms with van der Waals surface area (Å²) < 4.78 is 16.4. The number of hydrogen-bond acceptors (Lipinski definition) is 5. The quantitative estimate of drug-likeness (QED) is 0.305. The van der Waals surface area contributed by atoms with Crippen molar-refractivity contribution < 1.29 is 9.18 Å². The highest BCUT2D eigenvalue weighted by atomic mass is 19.1. The molecule has 8 nitrogen and oxygen atoms in total. The standard InChI is InChI=1S/C25H24FN7O/c1-13-30-20-3-2-16(10-22(20)31-13)33-25(27)18(12-29-33)24(34)23-9-15-8-17(14-4-6-28-7-5-14)19(26)11-21(15)32-23/h2-3,8-12,14,28,32H,4-7,27H2,1H3,(H,30,31). The first-order valence-corrected chi connectivity index (χ1v) is 11.4. The van der Waals surface area contributed by atoms with E-state index in [1.807, 2.05) is 31.2 Å². The van der Waals surface area contributed by atoms with Gasteiger partial charge in [-0.1, -0.05) is 0 Å². The van der Waals surface area contributed by atoms with Crippen LogP contribution in [0.4, 0.5) is 10.2 Å². The van der Waals surface area contributed by atoms with E-state index >= 15 is 0 Å². The number of nitrogen functional groups attached to an aromatic ring is 1. The molecule has 3 aromatic heterocycles. The topological polar surface area (TPSA) is 117 Å². The van der Waals surface area contributed by atoms with E-state index in [0.717, 1.165) is 53.9 Å². The fourth-order valence-corrected chi connectivity index (χ4v) is 4.88. The zero-order chi connectivity index (χ0) is 23.4. The summed E-state index contributed by atoms with van der Waals surface area (Å²) in [4.78, 5) is 23.9. The molecule has 1 saturated heterocycles. The predicted octanol–water partition coefficient (Wildman–Crippen LogP) is 3.96. The number of nitrogens with zero attached hydrogens (tertiary/aromatic N) is 3. The number of imidazole rings is 1. The number of piperidine rings is 1. The van der Waals surface area contributed by atoms with Crippen molar-refractivity contribution in [2.75, 3.05) is 18.8 Å². The molecule has 0 saturated carbocycles. The minimum atomic E-state index is -0.290. The van der Waals surface area contributed by atoms with E-state index < -0.39 is 0 Å². The summed E-state index contributed by atoms with van der Waals surface area (Å²) in [5.74, 6) is 0.708. The number of aryl methyl sites for hydroxylation is 1. The third-order valence-electron chi connectivity index (χ3n) is 6.64. The van der Waals surface area contributed by atoms with Crippen molar-refractivity contribution in [2.24, 2.45) is 0 Å². The maximum Gasteiger partial charge on any atom is 0.214 e. The number of halogens is 1. The highest BCUT2D eigenvalue weighted by Crippen LogP contribution is 2.31. The molecule has 5 N–H and O–H groups in total. The van der Waals surface area contributed by atoms with Crippen molar-refractivity contribution in [3.05, 3.63) is 71.1 Å². The molecule has 0 spiro atoms. The molecule has 5 aromatic rings. The van der Waals surface area contributed by atoms with Crippen molar-refractivity contribution in [3.8, 4) is 5.69 Å². The molecule has 6 rings (SSSR count). The first kappa shape index (κ1) is 20.6. The second-order valence-corrected chi connectivity index (χ2v) is 8.88. The summed E-state index contributed by atoms with van der Waals surface area (Å²) in [5, 5.41) is 8.46. The summed E-state index contributed by atoms with van der Waals surface area (Å²) >= 11 is 0. The van der Waals surface area contributed by atoms with Gasteiger partial charge in [0.2, 0.25) is 5.78 Å². The van der Waals surface area contributed by atoms with Crippen LogP contribution in [0.15, 0.2) is 42.6 Å². The number of hydrogen-bond donors (Lipinski definition) is 4. The molecule has 0 radical (unpaired) electrons. The predicted molar refractivity (Wildman–Crippen MR) is 129 cm³/mol. The van der Waals surface area contributed by atoms with Gasteiger partial charge in [-0.3, -0.25) is 4.79 Å². The second kappa shape index (κ2) is 7.81. The van der Waals surface area contributed by atoms with E-state index in [0.29, 0.717) is 16.8 Å². The Bertz CT molecular complexity index is 1550. The lowest BCUT2D eigenvalue weighted by Gasteiger charge is -2.23. The lowest BCUT2D eigenvalue weighted by molar-refractivity contribution is 0.103. The van der Waals surface area contributed by atoms with Crippen molar-refractivity contribution >= 4 is 33.5 Å². The summed E-state index contributed by atoms with van der Waals surface area (Å²) in [5.41, 5.74) is 10.7. The minimum Gasteiger partial charge on any atom is -0.383 e. The molecule has 0 unspecified atom stereocenters. The fraction of sp³-hybridized carbons (Fsp3) is 0.240. The largest absolute Gasteiger partial charge is 0.383 e. The Morgan fingerprint density at radius 2 is 1.94 bits per heavy atom. The number of aromatic nitrogens is 5. The van der Waals surface area contributed by atoms with Crippen LogP contribution in [-0.4, -0.2) is 43.6 Å². The summed E-state index contributed by atoms with van der Waals surface area (Å²) in [6, 6.07) is 10.7. The molecule has 0 bridgehead atoms. The Morgan fingerprint density at radius 3 is 2.76 bits per heavy atom. The number of carbonyl (C=O) groups excluding carboxylic acids is 1. The van der Waals surface area contributed by atoms with Gasteiger partial charge in [-0.15, -0.1) is 0 Å². The minimum absolute atomic E-state index is 0.185. The van der Waals surface area contributed by atoms with Gasteiger partial charge in [0.1, 0.15) is 17.5 Å². The normalized spacial score (nSPS) is 14.9. The highest BCUT2D eigenvalue weighted by molar-refractivity contribution is 6.12. The molecule has 0 amide bonds. The van der Waals surface area contributed by atoms with E-state index in [1.165, 1.54) is 16.9 Å². The van der Waals surface area contributed by atoms with Crippen LogP contribution in [0.5, 0.6) is 0 Å². The molecule has 0 atom stereocenters. The van der Waals surface area contributed by atoms with Gasteiger partial charge in [-0.2, -0.15) is 5.10 Å². The van der Waals surface area contributed by atoms with Gasteiger partial charge < -0.3 is 21.0 Å². The lowest BCUT2D eigenvalue weighted by Crippen LogP contribution is -2.27. The first-order chi connectivity index (χ1) is 16.5. The Morgan fingerprint density at radius 1 is 1.12 bits per heavy atom. The van der Waals surface area contributed by atoms with Crippen LogP contribution >= 0.6 is 0 Å². The van der Waals surface area contributed by atoms with E-state index in [9.17, 15) is 9.18 Å². The number of rotatable bonds is 4. The van der Waals surface area contributed by atoms with Crippen LogP contribution in [0.25, 0.3) is 27.6 Å². The summed E-state index contributed by atoms with van der Waals surface area (Å²) in [6.45, 7) is 3.66. The number of nitrogens with one attached hydrogen (secondary N) is 3. The number of nitrogens with two attached hydrogens (primary N) is 1. The SMILES string of the molecule is Cc1nc2ccc(-n3ncc(C(=O)c4cc5cc(C6CCNCC6)c(F)cc5[nH]4)c3N)cc2[nH]1. The zero-order valence-electron chi connectivity index (χ0n) is 18.7. The molecular formula is C25H24FN7O. The number of H-pyrrole nitrogens is 2. The van der Waals surface area contributed by atoms with E-state index in [2.05, 4.69) is 25.4 Å². The van der Waals surface area contributed by atoms with Gasteiger partial charge in [-0.05, 0) is 80.7 Å². The van der Waals surface area contributed by atoms with Crippen LogP contribution in [0.3, 0.4) is 0 Å². The average Bonchev–Trinajstić information content (AvgIpc) is 3.53. The van der Waals surface area contributed by atoms with Gasteiger partial charge in [0.05, 0.1) is 34.2 Å². The highest BCUT2D eigenvalue weighted by Gasteiger charge is 2.23. The van der Waals surface area contributed by atoms with Gasteiger partial charge in [-0.25, -0.2) is 14.1 Å². The molecule has 2 aromatic carbocycles. The van der Waals surface area contributed by atoms with Gasteiger partial charge >= 0.3 is 0 Å². The van der Waals surface area contributed by atoms with Crippen molar-refractivity contribution in [3.63, 3.8) is 0 Å². The Labute approximate surface area is 194 Å². The molecule has 1 aliphatic heterocycles. The third-order valence-corrected chi connectivity index (χ3v) is 6.64. The van der Waals surface area contributed by atoms with E-state index in [4.69, 9.17) is 5.73 Å². The maximum absolute atomic E-state index is 14.8. The number of aromatic amines is 2. The van der Waals surface area contributed by atoms with Crippen LogP contribution in [0, 0.1) is 12.7 Å². The van der Waals surface area contributed by atoms with Crippen LogP contribution in [0.2, 0.25) is 0 Å². The smallest absolute Gasteiger partial charge is 0.214 e. The van der Waals surface area contributed by atoms with Crippen molar-refractivity contribution in [1.82, 2.24) is 30.0 Å². The molecule has 0 aliphatic carbocycles. The van der Waals surface area contributed by atoms with Crippen molar-refractivity contribution in [2.45, 2.75) is 25.7 Å². The Kier molecular flexibility index (Phi) is 4.73. The molecule has 1 aliphatic rings. The lowest BCUT2D eigenvalue weighted by atomic mass is 9.89. The number of ketones is 1. The maximum atomic E-state index is 14.8. The molecule has 172 valence electrons. The Hall–Kier alpha value is -3.98. The third kappa shape index (κ3) is 3.36. The monoisotopic (exact) mass is 457 g/mol. The zero-order valence-corrected chi connectivity index (χ0v) is 18.7. The first-order valence-electron chi connectivity index (χ1n) is 11.4. The Balaban J connectivity index is 1.34. The van der Waals surface area contributed by atoms with Crippen LogP contribution < -0.4 is 11.1 Å². The number of benzene rings is 2. The number of carbonyl (C=O) groups is 1. The fourth-order valence-electron chi connectivity index (χ4n) is 4.88. The number of anilines is 1. The molecule has 4 heterocycles. The van der Waals surface area contributed by atoms with E-state index in [1.54, 1.807) is 6.07 Å².